The second-order valence-electron chi connectivity index (χ2n) is 6.06. The second-order valence-corrected chi connectivity index (χ2v) is 9.60. The highest BCUT2D eigenvalue weighted by Gasteiger charge is 2.19. The van der Waals surface area contributed by atoms with Gasteiger partial charge in [-0.1, -0.05) is 31.9 Å². The van der Waals surface area contributed by atoms with Gasteiger partial charge in [0.2, 0.25) is 5.78 Å². The molecule has 0 saturated carbocycles. The third-order valence-electron chi connectivity index (χ3n) is 4.23. The summed E-state index contributed by atoms with van der Waals surface area (Å²) >= 11 is 13.6. The van der Waals surface area contributed by atoms with Gasteiger partial charge in [0.05, 0.1) is 22.2 Å². The quantitative estimate of drug-likeness (QED) is 0.281. The summed E-state index contributed by atoms with van der Waals surface area (Å²) < 4.78 is 2.95. The Morgan fingerprint density at radius 1 is 0.643 bits per heavy atom. The van der Waals surface area contributed by atoms with Crippen molar-refractivity contribution < 1.29 is 4.79 Å². The minimum atomic E-state index is -0.640. The summed E-state index contributed by atoms with van der Waals surface area (Å²) in [6.45, 7) is 0. The number of benzene rings is 2. The van der Waals surface area contributed by atoms with Crippen LogP contribution >= 0.6 is 63.7 Å². The van der Waals surface area contributed by atoms with Crippen molar-refractivity contribution >= 4 is 91.3 Å². The predicted octanol–water partition coefficient (Wildman–Crippen LogP) is 5.65. The minimum absolute atomic E-state index is 0.101. The second kappa shape index (κ2) is 7.37. The molecule has 4 rings (SSSR count). The molecule has 0 unspecified atom stereocenters. The summed E-state index contributed by atoms with van der Waals surface area (Å²) in [6.07, 6.45) is 0. The number of carbonyl (C=O) groups excluding carboxylic acids is 1. The van der Waals surface area contributed by atoms with Gasteiger partial charge in [-0.2, -0.15) is 0 Å². The number of H-pyrrole nitrogens is 2. The fourth-order valence-corrected chi connectivity index (χ4v) is 5.68. The Labute approximate surface area is 191 Å². The Morgan fingerprint density at radius 3 is 1.43 bits per heavy atom. The van der Waals surface area contributed by atoms with E-state index in [0.717, 1.165) is 8.95 Å². The molecule has 0 aliphatic heterocycles. The third-order valence-corrected chi connectivity index (χ3v) is 6.39. The highest BCUT2D eigenvalue weighted by Crippen LogP contribution is 2.28. The van der Waals surface area contributed by atoms with Crippen molar-refractivity contribution in [1.29, 1.82) is 0 Å². The molecule has 2 aromatic carbocycles. The lowest BCUT2D eigenvalue weighted by molar-refractivity contribution is 0.103. The van der Waals surface area contributed by atoms with Gasteiger partial charge in [-0.15, -0.1) is 0 Å². The van der Waals surface area contributed by atoms with Crippen LogP contribution in [0.25, 0.3) is 21.8 Å². The predicted molar refractivity (Wildman–Crippen MR) is 123 cm³/mol. The van der Waals surface area contributed by atoms with Crippen molar-refractivity contribution in [1.82, 2.24) is 9.97 Å². The van der Waals surface area contributed by atoms with Crippen LogP contribution in [-0.4, -0.2) is 15.8 Å². The van der Waals surface area contributed by atoms with E-state index >= 15 is 0 Å². The molecule has 0 saturated heterocycles. The minimum Gasteiger partial charge on any atom is -0.320 e. The molecule has 0 radical (unpaired) electrons. The van der Waals surface area contributed by atoms with Crippen molar-refractivity contribution in [3.63, 3.8) is 0 Å². The zero-order valence-electron chi connectivity index (χ0n) is 13.7. The number of nitrogens with one attached hydrogen (secondary N) is 2. The molecule has 0 aliphatic carbocycles. The van der Waals surface area contributed by atoms with E-state index in [0.29, 0.717) is 30.8 Å². The molecular formula is C19H8Br4N2O3. The molecule has 0 fully saturated rings. The van der Waals surface area contributed by atoms with E-state index in [9.17, 15) is 14.4 Å². The largest absolute Gasteiger partial charge is 0.320 e. The summed E-state index contributed by atoms with van der Waals surface area (Å²) in [5.41, 5.74) is -0.172. The van der Waals surface area contributed by atoms with Crippen LogP contribution < -0.4 is 11.1 Å². The Balaban J connectivity index is 1.95. The van der Waals surface area contributed by atoms with E-state index in [1.165, 1.54) is 12.1 Å². The summed E-state index contributed by atoms with van der Waals surface area (Å²) in [5, 5.41) is 1.32. The molecule has 0 aliphatic rings. The number of rotatable bonds is 2. The lowest BCUT2D eigenvalue weighted by Gasteiger charge is -2.07. The first-order chi connectivity index (χ1) is 13.2. The molecule has 0 bridgehead atoms. The number of fused-ring (bicyclic) bond motifs is 2. The van der Waals surface area contributed by atoms with Gasteiger partial charge in [0.15, 0.2) is 0 Å². The van der Waals surface area contributed by atoms with Crippen molar-refractivity contribution in [2.45, 2.75) is 0 Å². The summed E-state index contributed by atoms with van der Waals surface area (Å²) in [4.78, 5) is 43.5. The highest BCUT2D eigenvalue weighted by molar-refractivity contribution is 9.11. The fourth-order valence-electron chi connectivity index (χ4n) is 2.96. The standard InChI is InChI=1S/C19H8Br4N2O3/c20-9-1-7-3-11(18(27)24-15(7)13(22)5-9)17(26)12-4-8-2-10(21)6-14(23)16(8)25-19(12)28/h1-6H,(H,24,27)(H,25,28). The van der Waals surface area contributed by atoms with Gasteiger partial charge in [0, 0.05) is 28.7 Å². The maximum atomic E-state index is 13.0. The summed E-state index contributed by atoms with van der Waals surface area (Å²) in [7, 11) is 0. The lowest BCUT2D eigenvalue weighted by Crippen LogP contribution is -2.24. The zero-order chi connectivity index (χ0) is 20.2. The topological polar surface area (TPSA) is 82.8 Å². The van der Waals surface area contributed by atoms with E-state index in [4.69, 9.17) is 0 Å². The Morgan fingerprint density at radius 2 is 1.04 bits per heavy atom. The van der Waals surface area contributed by atoms with Crippen molar-refractivity contribution in [3.8, 4) is 0 Å². The molecule has 0 amide bonds. The van der Waals surface area contributed by atoms with Gasteiger partial charge in [0.1, 0.15) is 0 Å². The van der Waals surface area contributed by atoms with Crippen LogP contribution in [0.1, 0.15) is 15.9 Å². The van der Waals surface area contributed by atoms with Gasteiger partial charge in [0.25, 0.3) is 11.1 Å². The van der Waals surface area contributed by atoms with Crippen LogP contribution in [0.4, 0.5) is 0 Å². The van der Waals surface area contributed by atoms with Crippen molar-refractivity contribution in [2.75, 3.05) is 0 Å². The van der Waals surface area contributed by atoms with E-state index in [2.05, 4.69) is 73.7 Å². The van der Waals surface area contributed by atoms with Gasteiger partial charge < -0.3 is 9.97 Å². The maximum absolute atomic E-state index is 13.0. The van der Waals surface area contributed by atoms with Gasteiger partial charge in [-0.3, -0.25) is 14.4 Å². The molecule has 4 aromatic rings. The number of halogens is 4. The van der Waals surface area contributed by atoms with Crippen molar-refractivity contribution in [2.24, 2.45) is 0 Å². The molecule has 2 aromatic heterocycles. The Kier molecular flexibility index (Phi) is 5.20. The molecular weight excluding hydrogens is 624 g/mol. The summed E-state index contributed by atoms with van der Waals surface area (Å²) in [6, 6.07) is 10.1. The van der Waals surface area contributed by atoms with Gasteiger partial charge in [-0.05, 0) is 68.3 Å². The Hall–Kier alpha value is -1.55. The van der Waals surface area contributed by atoms with Crippen LogP contribution in [0.3, 0.4) is 0 Å². The number of carbonyl (C=O) groups is 1. The van der Waals surface area contributed by atoms with Crippen LogP contribution in [0.5, 0.6) is 0 Å². The average Bonchev–Trinajstić information content (AvgIpc) is 2.61. The van der Waals surface area contributed by atoms with E-state index in [1.807, 2.05) is 0 Å². The van der Waals surface area contributed by atoms with E-state index in [-0.39, 0.29) is 11.1 Å². The molecule has 9 heteroatoms. The van der Waals surface area contributed by atoms with Crippen LogP contribution in [0.2, 0.25) is 0 Å². The molecule has 28 heavy (non-hydrogen) atoms. The number of aromatic amines is 2. The number of hydrogen-bond acceptors (Lipinski definition) is 3. The van der Waals surface area contributed by atoms with E-state index in [1.54, 1.807) is 24.3 Å². The summed E-state index contributed by atoms with van der Waals surface area (Å²) in [5.74, 6) is -0.640. The Bertz CT molecular complexity index is 1320. The third kappa shape index (κ3) is 3.45. The van der Waals surface area contributed by atoms with Crippen molar-refractivity contribution in [3.05, 3.63) is 86.1 Å². The van der Waals surface area contributed by atoms with Crippen LogP contribution in [0.15, 0.2) is 63.9 Å². The first-order valence-corrected chi connectivity index (χ1v) is 11.0. The zero-order valence-corrected chi connectivity index (χ0v) is 20.0. The molecule has 140 valence electrons. The first-order valence-electron chi connectivity index (χ1n) is 7.83. The SMILES string of the molecule is O=C(c1cc2cc(Br)cc(Br)c2[nH]c1=O)c1cc2cc(Br)cc(Br)c2[nH]c1=O. The monoisotopic (exact) mass is 628 g/mol. The number of hydrogen-bond donors (Lipinski definition) is 2. The van der Waals surface area contributed by atoms with Crippen LogP contribution in [0, 0.1) is 0 Å². The molecule has 0 atom stereocenters. The van der Waals surface area contributed by atoms with Crippen LogP contribution in [-0.2, 0) is 0 Å². The highest BCUT2D eigenvalue weighted by atomic mass is 79.9. The lowest BCUT2D eigenvalue weighted by atomic mass is 10.0. The molecule has 2 heterocycles. The normalized spacial score (nSPS) is 11.3. The molecule has 2 N–H and O–H groups in total. The fraction of sp³-hybridized carbons (Fsp3) is 0. The number of pyridine rings is 2. The molecule has 5 nitrogen and oxygen atoms in total. The maximum Gasteiger partial charge on any atom is 0.259 e. The first kappa shape index (κ1) is 19.8. The van der Waals surface area contributed by atoms with E-state index < -0.39 is 16.9 Å². The number of ketones is 1. The average molecular weight is 632 g/mol. The molecule has 0 spiro atoms. The van der Waals surface area contributed by atoms with Gasteiger partial charge in [-0.25, -0.2) is 0 Å². The van der Waals surface area contributed by atoms with Gasteiger partial charge >= 0.3 is 0 Å². The number of aromatic nitrogens is 2. The smallest absolute Gasteiger partial charge is 0.259 e.